The van der Waals surface area contributed by atoms with Gasteiger partial charge in [0, 0.05) is 22.9 Å². The van der Waals surface area contributed by atoms with Crippen molar-refractivity contribution < 1.29 is 0 Å². The van der Waals surface area contributed by atoms with E-state index >= 15 is 0 Å². The van der Waals surface area contributed by atoms with Crippen LogP contribution < -0.4 is 0 Å². The predicted octanol–water partition coefficient (Wildman–Crippen LogP) is 4.30. The van der Waals surface area contributed by atoms with E-state index in [2.05, 4.69) is 61.7 Å². The van der Waals surface area contributed by atoms with Gasteiger partial charge in [0.05, 0.1) is 5.69 Å². The molecule has 3 rings (SSSR count). The summed E-state index contributed by atoms with van der Waals surface area (Å²) < 4.78 is 2.20. The third-order valence-electron chi connectivity index (χ3n) is 3.33. The first-order chi connectivity index (χ1) is 9.05. The molecule has 2 aromatic heterocycles. The molecule has 2 heterocycles. The quantitative estimate of drug-likeness (QED) is 0.629. The van der Waals surface area contributed by atoms with E-state index in [4.69, 9.17) is 4.98 Å². The summed E-state index contributed by atoms with van der Waals surface area (Å²) in [6, 6.07) is 16.6. The minimum atomic E-state index is 0.105. The molecule has 0 aliphatic heterocycles. The van der Waals surface area contributed by atoms with Gasteiger partial charge in [-0.05, 0) is 12.1 Å². The summed E-state index contributed by atoms with van der Waals surface area (Å²) in [6.07, 6.45) is 2.13. The van der Waals surface area contributed by atoms with Gasteiger partial charge in [-0.1, -0.05) is 57.2 Å². The maximum atomic E-state index is 4.72. The van der Waals surface area contributed by atoms with Crippen molar-refractivity contribution in [2.75, 3.05) is 0 Å². The van der Waals surface area contributed by atoms with Gasteiger partial charge < -0.3 is 4.40 Å². The number of rotatable bonds is 1. The Morgan fingerprint density at radius 3 is 2.32 bits per heavy atom. The Morgan fingerprint density at radius 1 is 0.895 bits per heavy atom. The van der Waals surface area contributed by atoms with Crippen molar-refractivity contribution in [1.82, 2.24) is 9.38 Å². The first-order valence-corrected chi connectivity index (χ1v) is 6.60. The molecule has 1 aromatic carbocycles. The van der Waals surface area contributed by atoms with Crippen LogP contribution in [0.4, 0.5) is 0 Å². The van der Waals surface area contributed by atoms with E-state index in [0.717, 1.165) is 16.9 Å². The molecule has 2 nitrogen and oxygen atoms in total. The molecule has 0 bridgehead atoms. The summed E-state index contributed by atoms with van der Waals surface area (Å²) in [5.41, 5.74) is 4.57. The number of nitrogens with zero attached hydrogens (tertiary/aromatic N) is 2. The Labute approximate surface area is 113 Å². The summed E-state index contributed by atoms with van der Waals surface area (Å²) in [5, 5.41) is 0. The lowest BCUT2D eigenvalue weighted by atomic mass is 9.91. The second kappa shape index (κ2) is 4.23. The van der Waals surface area contributed by atoms with Crippen LogP contribution in [0.3, 0.4) is 0 Å². The number of hydrogen-bond acceptors (Lipinski definition) is 1. The molecule has 2 heteroatoms. The molecule has 0 saturated carbocycles. The van der Waals surface area contributed by atoms with Crippen LogP contribution in [0.15, 0.2) is 54.7 Å². The lowest BCUT2D eigenvalue weighted by Gasteiger charge is -2.20. The summed E-state index contributed by atoms with van der Waals surface area (Å²) in [5.74, 6) is 0. The number of fused-ring (bicyclic) bond motifs is 1. The topological polar surface area (TPSA) is 17.3 Å². The maximum Gasteiger partial charge on any atom is 0.137 e. The van der Waals surface area contributed by atoms with Gasteiger partial charge in [0.15, 0.2) is 0 Å². The molecule has 0 saturated heterocycles. The summed E-state index contributed by atoms with van der Waals surface area (Å²) >= 11 is 0. The smallest absolute Gasteiger partial charge is 0.137 e. The normalized spacial score (nSPS) is 11.9. The molecule has 0 fully saturated rings. The monoisotopic (exact) mass is 250 g/mol. The number of pyridine rings is 1. The van der Waals surface area contributed by atoms with Crippen LogP contribution in [-0.2, 0) is 5.41 Å². The average molecular weight is 250 g/mol. The van der Waals surface area contributed by atoms with Gasteiger partial charge in [-0.3, -0.25) is 0 Å². The van der Waals surface area contributed by atoms with Gasteiger partial charge in [0.25, 0.3) is 0 Å². The third-order valence-corrected chi connectivity index (χ3v) is 3.33. The molecule has 3 aromatic rings. The zero-order chi connectivity index (χ0) is 13.5. The van der Waals surface area contributed by atoms with E-state index in [-0.39, 0.29) is 5.41 Å². The van der Waals surface area contributed by atoms with Gasteiger partial charge in [-0.15, -0.1) is 0 Å². The Hall–Kier alpha value is -2.09. The van der Waals surface area contributed by atoms with Gasteiger partial charge in [0.2, 0.25) is 0 Å². The van der Waals surface area contributed by atoms with Crippen molar-refractivity contribution in [3.8, 4) is 11.3 Å². The first-order valence-electron chi connectivity index (χ1n) is 6.60. The first kappa shape index (κ1) is 12.0. The molecule has 0 atom stereocenters. The van der Waals surface area contributed by atoms with Crippen LogP contribution in [0.2, 0.25) is 0 Å². The van der Waals surface area contributed by atoms with Crippen molar-refractivity contribution in [2.24, 2.45) is 0 Å². The molecule has 0 aliphatic carbocycles. The fraction of sp³-hybridized carbons (Fsp3) is 0.235. The number of benzene rings is 1. The molecule has 0 N–H and O–H groups in total. The van der Waals surface area contributed by atoms with Crippen LogP contribution >= 0.6 is 0 Å². The fourth-order valence-corrected chi connectivity index (χ4v) is 2.37. The Morgan fingerprint density at radius 2 is 1.63 bits per heavy atom. The van der Waals surface area contributed by atoms with Gasteiger partial charge in [-0.25, -0.2) is 4.98 Å². The second-order valence-electron chi connectivity index (χ2n) is 5.88. The lowest BCUT2D eigenvalue weighted by Crippen LogP contribution is -2.15. The van der Waals surface area contributed by atoms with Crippen molar-refractivity contribution in [1.29, 1.82) is 0 Å². The Bertz CT molecular complexity index is 703. The van der Waals surface area contributed by atoms with Crippen molar-refractivity contribution in [2.45, 2.75) is 26.2 Å². The van der Waals surface area contributed by atoms with Crippen molar-refractivity contribution in [3.05, 3.63) is 60.4 Å². The highest BCUT2D eigenvalue weighted by molar-refractivity contribution is 5.62. The largest absolute Gasteiger partial charge is 0.303 e. The van der Waals surface area contributed by atoms with E-state index in [1.165, 1.54) is 5.69 Å². The van der Waals surface area contributed by atoms with Crippen LogP contribution in [0, 0.1) is 0 Å². The van der Waals surface area contributed by atoms with E-state index in [0.29, 0.717) is 0 Å². The van der Waals surface area contributed by atoms with Gasteiger partial charge in [-0.2, -0.15) is 0 Å². The standard InChI is InChI=1S/C17H18N2/c1-17(2,3)15-10-7-11-16-18-14(12-19(15)16)13-8-5-4-6-9-13/h4-12H,1-3H3. The minimum Gasteiger partial charge on any atom is -0.303 e. The molecule has 19 heavy (non-hydrogen) atoms. The molecular formula is C17H18N2. The Kier molecular flexibility index (Phi) is 2.67. The predicted molar refractivity (Wildman–Crippen MR) is 79.3 cm³/mol. The van der Waals surface area contributed by atoms with Crippen molar-refractivity contribution >= 4 is 5.65 Å². The minimum absolute atomic E-state index is 0.105. The van der Waals surface area contributed by atoms with Crippen LogP contribution in [-0.4, -0.2) is 9.38 Å². The maximum absolute atomic E-state index is 4.72. The van der Waals surface area contributed by atoms with Gasteiger partial charge >= 0.3 is 0 Å². The van der Waals surface area contributed by atoms with E-state index in [1.807, 2.05) is 18.2 Å². The van der Waals surface area contributed by atoms with Crippen molar-refractivity contribution in [3.63, 3.8) is 0 Å². The molecule has 0 unspecified atom stereocenters. The molecule has 0 spiro atoms. The lowest BCUT2D eigenvalue weighted by molar-refractivity contribution is 0.561. The highest BCUT2D eigenvalue weighted by atomic mass is 15.0. The zero-order valence-corrected chi connectivity index (χ0v) is 11.6. The summed E-state index contributed by atoms with van der Waals surface area (Å²) in [4.78, 5) is 4.72. The third kappa shape index (κ3) is 2.14. The van der Waals surface area contributed by atoms with Crippen LogP contribution in [0.1, 0.15) is 26.5 Å². The molecular weight excluding hydrogens is 232 g/mol. The van der Waals surface area contributed by atoms with Crippen LogP contribution in [0.5, 0.6) is 0 Å². The SMILES string of the molecule is CC(C)(C)c1cccc2nc(-c3ccccc3)cn12. The van der Waals surface area contributed by atoms with E-state index in [1.54, 1.807) is 0 Å². The number of imidazole rings is 1. The highest BCUT2D eigenvalue weighted by Gasteiger charge is 2.17. The fourth-order valence-electron chi connectivity index (χ4n) is 2.37. The van der Waals surface area contributed by atoms with E-state index < -0.39 is 0 Å². The van der Waals surface area contributed by atoms with Crippen LogP contribution in [0.25, 0.3) is 16.9 Å². The molecule has 0 aliphatic rings. The molecule has 0 amide bonds. The Balaban J connectivity index is 2.22. The summed E-state index contributed by atoms with van der Waals surface area (Å²) in [7, 11) is 0. The second-order valence-corrected chi connectivity index (χ2v) is 5.88. The van der Waals surface area contributed by atoms with Gasteiger partial charge in [0.1, 0.15) is 5.65 Å². The number of hydrogen-bond donors (Lipinski definition) is 0. The number of aromatic nitrogens is 2. The zero-order valence-electron chi connectivity index (χ0n) is 11.6. The summed E-state index contributed by atoms with van der Waals surface area (Å²) in [6.45, 7) is 6.68. The molecule has 96 valence electrons. The average Bonchev–Trinajstić information content (AvgIpc) is 2.82. The molecule has 0 radical (unpaired) electrons. The highest BCUT2D eigenvalue weighted by Crippen LogP contribution is 2.26. The van der Waals surface area contributed by atoms with E-state index in [9.17, 15) is 0 Å².